The molecule has 0 amide bonds. The van der Waals surface area contributed by atoms with Crippen molar-refractivity contribution in [3.63, 3.8) is 0 Å². The van der Waals surface area contributed by atoms with Gasteiger partial charge in [-0.25, -0.2) is 0 Å². The zero-order chi connectivity index (χ0) is 12.5. The quantitative estimate of drug-likeness (QED) is 0.875. The van der Waals surface area contributed by atoms with Crippen molar-refractivity contribution in [3.8, 4) is 0 Å². The van der Waals surface area contributed by atoms with E-state index in [1.807, 2.05) is 0 Å². The summed E-state index contributed by atoms with van der Waals surface area (Å²) in [4.78, 5) is 0. The molecule has 1 unspecified atom stereocenters. The fourth-order valence-electron chi connectivity index (χ4n) is 1.45. The summed E-state index contributed by atoms with van der Waals surface area (Å²) in [5.41, 5.74) is 0.482. The molecule has 0 radical (unpaired) electrons. The molecule has 2 rings (SSSR count). The summed E-state index contributed by atoms with van der Waals surface area (Å²) in [6.07, 6.45) is -5.72. The molecule has 0 fully saturated rings. The molecule has 1 aromatic carbocycles. The van der Waals surface area contributed by atoms with Crippen LogP contribution in [0.25, 0.3) is 0 Å². The molecule has 1 heterocycles. The van der Waals surface area contributed by atoms with Gasteiger partial charge >= 0.3 is 6.18 Å². The number of hydrogen-bond acceptors (Lipinski definition) is 2. The Labute approximate surface area is 95.3 Å². The molecular weight excluding hydrogens is 233 g/mol. The number of hydrogen-bond donors (Lipinski definition) is 1. The Morgan fingerprint density at radius 1 is 1.00 bits per heavy atom. The first-order valence-electron chi connectivity index (χ1n) is 4.88. The maximum Gasteiger partial charge on any atom is 0.449 e. The van der Waals surface area contributed by atoms with E-state index in [2.05, 4.69) is 4.42 Å². The molecule has 17 heavy (non-hydrogen) atoms. The van der Waals surface area contributed by atoms with E-state index in [0.717, 1.165) is 12.1 Å². The molecule has 1 N–H and O–H groups in total. The van der Waals surface area contributed by atoms with Crippen molar-refractivity contribution in [3.05, 3.63) is 59.5 Å². The smallest absolute Gasteiger partial charge is 0.449 e. The number of rotatable bonds is 2. The number of benzene rings is 1. The largest absolute Gasteiger partial charge is 0.453 e. The van der Waals surface area contributed by atoms with Crippen LogP contribution >= 0.6 is 0 Å². The van der Waals surface area contributed by atoms with Crippen LogP contribution in [0.1, 0.15) is 23.2 Å². The van der Waals surface area contributed by atoms with E-state index in [1.54, 1.807) is 30.3 Å². The Kier molecular flexibility index (Phi) is 2.93. The van der Waals surface area contributed by atoms with E-state index >= 15 is 0 Å². The summed E-state index contributed by atoms with van der Waals surface area (Å²) < 4.78 is 41.5. The molecule has 0 saturated carbocycles. The summed E-state index contributed by atoms with van der Waals surface area (Å²) in [5.74, 6) is -1.23. The standard InChI is InChI=1S/C12H9F3O2/c13-12(14,15)10-7-6-9(17-10)11(16)8-4-2-1-3-5-8/h1-7,11,16H. The number of furan rings is 1. The lowest BCUT2D eigenvalue weighted by Gasteiger charge is -2.08. The van der Waals surface area contributed by atoms with Crippen molar-refractivity contribution in [1.82, 2.24) is 0 Å². The van der Waals surface area contributed by atoms with Gasteiger partial charge in [-0.2, -0.15) is 13.2 Å². The SMILES string of the molecule is OC(c1ccccc1)c1ccc(C(F)(F)F)o1. The minimum Gasteiger partial charge on any atom is -0.453 e. The van der Waals surface area contributed by atoms with Crippen LogP contribution in [-0.4, -0.2) is 5.11 Å². The second-order valence-electron chi connectivity index (χ2n) is 3.51. The van der Waals surface area contributed by atoms with E-state index in [0.29, 0.717) is 5.56 Å². The van der Waals surface area contributed by atoms with Gasteiger partial charge in [-0.05, 0) is 17.7 Å². The zero-order valence-corrected chi connectivity index (χ0v) is 8.61. The maximum atomic E-state index is 12.3. The van der Waals surface area contributed by atoms with Gasteiger partial charge < -0.3 is 9.52 Å². The average molecular weight is 242 g/mol. The second kappa shape index (κ2) is 4.25. The Bertz CT molecular complexity index is 488. The molecule has 1 atom stereocenters. The van der Waals surface area contributed by atoms with Crippen molar-refractivity contribution in [2.45, 2.75) is 12.3 Å². The van der Waals surface area contributed by atoms with E-state index in [-0.39, 0.29) is 5.76 Å². The van der Waals surface area contributed by atoms with E-state index in [4.69, 9.17) is 0 Å². The van der Waals surface area contributed by atoms with Gasteiger partial charge in [-0.1, -0.05) is 30.3 Å². The molecule has 2 nitrogen and oxygen atoms in total. The molecule has 0 spiro atoms. The minimum absolute atomic E-state index is 0.122. The van der Waals surface area contributed by atoms with E-state index in [1.165, 1.54) is 0 Å². The van der Waals surface area contributed by atoms with Crippen LogP contribution in [0.5, 0.6) is 0 Å². The molecule has 0 aliphatic rings. The highest BCUT2D eigenvalue weighted by Gasteiger charge is 2.35. The van der Waals surface area contributed by atoms with Crippen molar-refractivity contribution in [2.24, 2.45) is 0 Å². The Morgan fingerprint density at radius 2 is 1.65 bits per heavy atom. The summed E-state index contributed by atoms with van der Waals surface area (Å²) in [5, 5.41) is 9.81. The van der Waals surface area contributed by atoms with Gasteiger partial charge in [0.05, 0.1) is 0 Å². The highest BCUT2D eigenvalue weighted by atomic mass is 19.4. The van der Waals surface area contributed by atoms with Gasteiger partial charge in [0.15, 0.2) is 0 Å². The average Bonchev–Trinajstić information content (AvgIpc) is 2.78. The first-order chi connectivity index (χ1) is 7.98. The molecule has 0 aliphatic heterocycles. The van der Waals surface area contributed by atoms with Crippen LogP contribution in [0.15, 0.2) is 46.9 Å². The van der Waals surface area contributed by atoms with Crippen LogP contribution in [-0.2, 0) is 6.18 Å². The van der Waals surface area contributed by atoms with Crippen LogP contribution in [0, 0.1) is 0 Å². The molecule has 5 heteroatoms. The number of alkyl halides is 3. The van der Waals surface area contributed by atoms with Gasteiger partial charge in [0.1, 0.15) is 11.9 Å². The van der Waals surface area contributed by atoms with Crippen molar-refractivity contribution in [1.29, 1.82) is 0 Å². The van der Waals surface area contributed by atoms with Crippen LogP contribution < -0.4 is 0 Å². The van der Waals surface area contributed by atoms with Crippen LogP contribution in [0.4, 0.5) is 13.2 Å². The lowest BCUT2D eigenvalue weighted by atomic mass is 10.1. The van der Waals surface area contributed by atoms with Crippen molar-refractivity contribution < 1.29 is 22.7 Å². The highest BCUT2D eigenvalue weighted by molar-refractivity contribution is 5.25. The van der Waals surface area contributed by atoms with Gasteiger partial charge in [-0.15, -0.1) is 0 Å². The third-order valence-corrected chi connectivity index (χ3v) is 2.29. The molecule has 0 bridgehead atoms. The zero-order valence-electron chi connectivity index (χ0n) is 8.61. The Balaban J connectivity index is 2.27. The molecular formula is C12H9F3O2. The number of aliphatic hydroxyl groups is 1. The monoisotopic (exact) mass is 242 g/mol. The Morgan fingerprint density at radius 3 is 2.18 bits per heavy atom. The predicted molar refractivity (Wildman–Crippen MR) is 54.2 cm³/mol. The first kappa shape index (κ1) is 11.7. The normalized spacial score (nSPS) is 13.6. The van der Waals surface area contributed by atoms with Crippen LogP contribution in [0.3, 0.4) is 0 Å². The third-order valence-electron chi connectivity index (χ3n) is 2.29. The second-order valence-corrected chi connectivity index (χ2v) is 3.51. The molecule has 1 aromatic heterocycles. The fraction of sp³-hybridized carbons (Fsp3) is 0.167. The summed E-state index contributed by atoms with van der Waals surface area (Å²) in [7, 11) is 0. The highest BCUT2D eigenvalue weighted by Crippen LogP contribution is 2.33. The lowest BCUT2D eigenvalue weighted by Crippen LogP contribution is -2.03. The van der Waals surface area contributed by atoms with Gasteiger partial charge in [-0.3, -0.25) is 0 Å². The molecule has 2 aromatic rings. The predicted octanol–water partition coefficient (Wildman–Crippen LogP) is 3.38. The number of aliphatic hydroxyl groups excluding tert-OH is 1. The van der Waals surface area contributed by atoms with Gasteiger partial charge in [0.25, 0.3) is 0 Å². The molecule has 0 saturated heterocycles. The summed E-state index contributed by atoms with van der Waals surface area (Å²) in [6, 6.07) is 10.3. The van der Waals surface area contributed by atoms with E-state index < -0.39 is 18.0 Å². The minimum atomic E-state index is -4.53. The molecule has 0 aliphatic carbocycles. The van der Waals surface area contributed by atoms with E-state index in [9.17, 15) is 18.3 Å². The fourth-order valence-corrected chi connectivity index (χ4v) is 1.45. The van der Waals surface area contributed by atoms with Gasteiger partial charge in [0.2, 0.25) is 5.76 Å². The number of halogens is 3. The molecule has 90 valence electrons. The Hall–Kier alpha value is -1.75. The summed E-state index contributed by atoms with van der Waals surface area (Å²) >= 11 is 0. The topological polar surface area (TPSA) is 33.4 Å². The lowest BCUT2D eigenvalue weighted by molar-refractivity contribution is -0.153. The third kappa shape index (κ3) is 2.50. The maximum absolute atomic E-state index is 12.3. The summed E-state index contributed by atoms with van der Waals surface area (Å²) in [6.45, 7) is 0. The first-order valence-corrected chi connectivity index (χ1v) is 4.88. The van der Waals surface area contributed by atoms with Crippen molar-refractivity contribution in [2.75, 3.05) is 0 Å². The van der Waals surface area contributed by atoms with Gasteiger partial charge in [0, 0.05) is 0 Å². The van der Waals surface area contributed by atoms with Crippen LogP contribution in [0.2, 0.25) is 0 Å². The van der Waals surface area contributed by atoms with Crippen molar-refractivity contribution >= 4 is 0 Å².